The maximum atomic E-state index is 12.4. The molecule has 5 heteroatoms. The molecule has 0 spiro atoms. The summed E-state index contributed by atoms with van der Waals surface area (Å²) in [5.74, 6) is -0.221. The summed E-state index contributed by atoms with van der Waals surface area (Å²) >= 11 is 4.90. The van der Waals surface area contributed by atoms with E-state index in [0.29, 0.717) is 5.69 Å². The van der Waals surface area contributed by atoms with Crippen molar-refractivity contribution < 1.29 is 9.59 Å². The van der Waals surface area contributed by atoms with Crippen LogP contribution in [0.5, 0.6) is 0 Å². The third-order valence-electron chi connectivity index (χ3n) is 2.69. The maximum Gasteiger partial charge on any atom is 0.247 e. The van der Waals surface area contributed by atoms with Gasteiger partial charge in [-0.05, 0) is 24.3 Å². The van der Waals surface area contributed by atoms with Crippen molar-refractivity contribution in [2.75, 3.05) is 4.90 Å². The number of imide groups is 1. The number of hydrogen-bond acceptors (Lipinski definition) is 3. The van der Waals surface area contributed by atoms with Gasteiger partial charge in [-0.1, -0.05) is 36.7 Å². The lowest BCUT2D eigenvalue weighted by Crippen LogP contribution is -2.32. The highest BCUT2D eigenvalue weighted by Crippen LogP contribution is 2.36. The van der Waals surface area contributed by atoms with E-state index in [1.165, 1.54) is 4.90 Å². The summed E-state index contributed by atoms with van der Waals surface area (Å²) < 4.78 is 0.895. The van der Waals surface area contributed by atoms with Crippen molar-refractivity contribution in [3.05, 3.63) is 28.7 Å². The number of carbonyl (C=O) groups excluding carboxylic acids is 2. The third-order valence-corrected chi connectivity index (χ3v) is 4.57. The standard InChI is InChI=1S/C14H16BrNO2S/c1-14(2,3)19-11-8-12(17)16(13(11)18)10-6-4-9(15)5-7-10/h4-7,11H,8H2,1-3H3. The van der Waals surface area contributed by atoms with Gasteiger partial charge in [0.15, 0.2) is 0 Å². The quantitative estimate of drug-likeness (QED) is 0.771. The molecular weight excluding hydrogens is 326 g/mol. The van der Waals surface area contributed by atoms with Gasteiger partial charge in [0, 0.05) is 15.6 Å². The number of rotatable bonds is 2. The molecule has 1 unspecified atom stereocenters. The van der Waals surface area contributed by atoms with Gasteiger partial charge in [0.05, 0.1) is 10.9 Å². The molecule has 0 bridgehead atoms. The van der Waals surface area contributed by atoms with Crippen LogP contribution in [0.2, 0.25) is 0 Å². The third kappa shape index (κ3) is 3.39. The number of benzene rings is 1. The summed E-state index contributed by atoms with van der Waals surface area (Å²) in [6.45, 7) is 6.16. The van der Waals surface area contributed by atoms with E-state index in [0.717, 1.165) is 4.47 Å². The van der Waals surface area contributed by atoms with Gasteiger partial charge in [-0.3, -0.25) is 9.59 Å². The van der Waals surface area contributed by atoms with E-state index in [1.807, 2.05) is 12.1 Å². The zero-order valence-corrected chi connectivity index (χ0v) is 13.5. The Kier molecular flexibility index (Phi) is 4.06. The van der Waals surface area contributed by atoms with Crippen molar-refractivity contribution in [3.63, 3.8) is 0 Å². The Morgan fingerprint density at radius 3 is 2.32 bits per heavy atom. The van der Waals surface area contributed by atoms with Crippen LogP contribution in [-0.4, -0.2) is 21.8 Å². The van der Waals surface area contributed by atoms with Crippen LogP contribution < -0.4 is 4.90 Å². The summed E-state index contributed by atoms with van der Waals surface area (Å²) in [6.07, 6.45) is 0.289. The lowest BCUT2D eigenvalue weighted by molar-refractivity contribution is -0.121. The zero-order valence-electron chi connectivity index (χ0n) is 11.1. The molecule has 2 rings (SSSR count). The summed E-state index contributed by atoms with van der Waals surface area (Å²) in [6, 6.07) is 7.23. The number of anilines is 1. The molecule has 2 amide bonds. The highest BCUT2D eigenvalue weighted by Gasteiger charge is 2.41. The Bertz CT molecular complexity index is 507. The van der Waals surface area contributed by atoms with Crippen molar-refractivity contribution in [2.24, 2.45) is 0 Å². The second-order valence-electron chi connectivity index (χ2n) is 5.47. The van der Waals surface area contributed by atoms with Crippen LogP contribution in [0.4, 0.5) is 5.69 Å². The smallest absolute Gasteiger partial charge is 0.247 e. The maximum absolute atomic E-state index is 12.4. The Morgan fingerprint density at radius 1 is 1.21 bits per heavy atom. The molecule has 3 nitrogen and oxygen atoms in total. The average molecular weight is 342 g/mol. The second kappa shape index (κ2) is 5.29. The first-order valence-corrected chi connectivity index (χ1v) is 7.75. The van der Waals surface area contributed by atoms with Crippen LogP contribution in [0.25, 0.3) is 0 Å². The first-order valence-electron chi connectivity index (χ1n) is 6.08. The highest BCUT2D eigenvalue weighted by molar-refractivity contribution is 9.10. The topological polar surface area (TPSA) is 37.4 Å². The molecule has 102 valence electrons. The van der Waals surface area contributed by atoms with Gasteiger partial charge < -0.3 is 0 Å². The van der Waals surface area contributed by atoms with Crippen molar-refractivity contribution in [3.8, 4) is 0 Å². The van der Waals surface area contributed by atoms with E-state index in [-0.39, 0.29) is 28.2 Å². The van der Waals surface area contributed by atoms with Gasteiger partial charge in [-0.2, -0.15) is 0 Å². The van der Waals surface area contributed by atoms with Gasteiger partial charge in [-0.25, -0.2) is 4.90 Å². The molecule has 1 aromatic carbocycles. The van der Waals surface area contributed by atoms with E-state index in [4.69, 9.17) is 0 Å². The van der Waals surface area contributed by atoms with Gasteiger partial charge in [0.1, 0.15) is 0 Å². The molecular formula is C14H16BrNO2S. The van der Waals surface area contributed by atoms with Gasteiger partial charge in [0.2, 0.25) is 11.8 Å². The zero-order chi connectivity index (χ0) is 14.2. The molecule has 1 heterocycles. The molecule has 0 aromatic heterocycles. The Balaban J connectivity index is 2.21. The summed E-state index contributed by atoms with van der Waals surface area (Å²) in [5.41, 5.74) is 0.648. The molecule has 1 fully saturated rings. The molecule has 1 aliphatic rings. The van der Waals surface area contributed by atoms with E-state index in [9.17, 15) is 9.59 Å². The monoisotopic (exact) mass is 341 g/mol. The first kappa shape index (κ1) is 14.6. The molecule has 1 aliphatic heterocycles. The minimum absolute atomic E-state index is 0.0314. The molecule has 19 heavy (non-hydrogen) atoms. The van der Waals surface area contributed by atoms with Gasteiger partial charge in [0.25, 0.3) is 0 Å². The number of amides is 2. The number of carbonyl (C=O) groups is 2. The van der Waals surface area contributed by atoms with Crippen LogP contribution in [0.1, 0.15) is 27.2 Å². The summed E-state index contributed by atoms with van der Waals surface area (Å²) in [4.78, 5) is 25.7. The molecule has 1 saturated heterocycles. The number of thioether (sulfide) groups is 1. The predicted octanol–water partition coefficient (Wildman–Crippen LogP) is 3.61. The molecule has 1 aromatic rings. The molecule has 0 saturated carbocycles. The largest absolute Gasteiger partial charge is 0.274 e. The molecule has 0 N–H and O–H groups in total. The minimum Gasteiger partial charge on any atom is -0.274 e. The van der Waals surface area contributed by atoms with Crippen LogP contribution >= 0.6 is 27.7 Å². The fourth-order valence-corrected chi connectivity index (χ4v) is 3.53. The van der Waals surface area contributed by atoms with Crippen LogP contribution in [0, 0.1) is 0 Å². The Labute approximate surface area is 125 Å². The van der Waals surface area contributed by atoms with Crippen molar-refractivity contribution in [2.45, 2.75) is 37.2 Å². The predicted molar refractivity (Wildman–Crippen MR) is 82.4 cm³/mol. The van der Waals surface area contributed by atoms with E-state index in [2.05, 4.69) is 36.7 Å². The number of halogens is 1. The van der Waals surface area contributed by atoms with Crippen molar-refractivity contribution >= 4 is 45.2 Å². The van der Waals surface area contributed by atoms with Crippen LogP contribution in [-0.2, 0) is 9.59 Å². The Hall–Kier alpha value is -0.810. The van der Waals surface area contributed by atoms with Crippen LogP contribution in [0.3, 0.4) is 0 Å². The molecule has 0 aliphatic carbocycles. The molecule has 1 atom stereocenters. The second-order valence-corrected chi connectivity index (χ2v) is 8.41. The first-order chi connectivity index (χ1) is 8.78. The number of hydrogen-bond donors (Lipinski definition) is 0. The van der Waals surface area contributed by atoms with E-state index in [1.54, 1.807) is 23.9 Å². The highest BCUT2D eigenvalue weighted by atomic mass is 79.9. The fraction of sp³-hybridized carbons (Fsp3) is 0.429. The Morgan fingerprint density at radius 2 is 1.79 bits per heavy atom. The van der Waals surface area contributed by atoms with E-state index < -0.39 is 0 Å². The SMILES string of the molecule is CC(C)(C)SC1CC(=O)N(c2ccc(Br)cc2)C1=O. The van der Waals surface area contributed by atoms with Gasteiger partial charge in [-0.15, -0.1) is 11.8 Å². The number of nitrogens with zero attached hydrogens (tertiary/aromatic N) is 1. The lowest BCUT2D eigenvalue weighted by Gasteiger charge is -2.21. The summed E-state index contributed by atoms with van der Waals surface area (Å²) in [5, 5.41) is -0.267. The average Bonchev–Trinajstić information content (AvgIpc) is 2.54. The molecule has 0 radical (unpaired) electrons. The van der Waals surface area contributed by atoms with Crippen molar-refractivity contribution in [1.29, 1.82) is 0 Å². The van der Waals surface area contributed by atoms with Crippen molar-refractivity contribution in [1.82, 2.24) is 0 Å². The van der Waals surface area contributed by atoms with E-state index >= 15 is 0 Å². The van der Waals surface area contributed by atoms with Gasteiger partial charge >= 0.3 is 0 Å². The minimum atomic E-state index is -0.267. The summed E-state index contributed by atoms with van der Waals surface area (Å²) in [7, 11) is 0. The fourth-order valence-electron chi connectivity index (χ4n) is 1.98. The normalized spacial score (nSPS) is 20.2. The van der Waals surface area contributed by atoms with Crippen LogP contribution in [0.15, 0.2) is 28.7 Å². The lowest BCUT2D eigenvalue weighted by atomic mass is 10.3.